The fourth-order valence-corrected chi connectivity index (χ4v) is 5.59. The number of aliphatic carboxylic acids is 1. The Hall–Kier alpha value is -1.66. The van der Waals surface area contributed by atoms with Gasteiger partial charge in [0.1, 0.15) is 0 Å². The van der Waals surface area contributed by atoms with Crippen molar-refractivity contribution in [3.05, 3.63) is 42.5 Å². The maximum Gasteiger partial charge on any atom is 0.303 e. The number of hydrogen-bond donors (Lipinski definition) is 2. The molecule has 2 bridgehead atoms. The quantitative estimate of drug-likeness (QED) is 0.548. The van der Waals surface area contributed by atoms with Crippen LogP contribution in [0.1, 0.15) is 44.9 Å². The number of carboxylic acid groups (broad SMARTS) is 1. The minimum absolute atomic E-state index is 0.0115. The molecule has 0 aliphatic heterocycles. The third-order valence-electron chi connectivity index (χ3n) is 5.47. The molecule has 3 rings (SSSR count). The molecule has 0 spiro atoms. The van der Waals surface area contributed by atoms with Gasteiger partial charge in [0.2, 0.25) is 10.0 Å². The number of benzene rings is 1. The van der Waals surface area contributed by atoms with Crippen molar-refractivity contribution in [1.29, 1.82) is 0 Å². The normalized spacial score (nSPS) is 28.6. The first-order valence-electron chi connectivity index (χ1n) is 8.87. The maximum atomic E-state index is 12.5. The second kappa shape index (κ2) is 7.30. The van der Waals surface area contributed by atoms with E-state index in [1.165, 1.54) is 0 Å². The van der Waals surface area contributed by atoms with Crippen molar-refractivity contribution in [2.24, 2.45) is 11.3 Å². The highest BCUT2D eigenvalue weighted by molar-refractivity contribution is 7.89. The van der Waals surface area contributed by atoms with Crippen molar-refractivity contribution < 1.29 is 18.3 Å². The van der Waals surface area contributed by atoms with Crippen LogP contribution < -0.4 is 4.72 Å². The summed E-state index contributed by atoms with van der Waals surface area (Å²) in [5.41, 5.74) is 0.0811. The molecule has 5 nitrogen and oxygen atoms in total. The predicted molar refractivity (Wildman–Crippen MR) is 95.6 cm³/mol. The number of carbonyl (C=O) groups is 1. The fraction of sp³-hybridized carbons (Fsp3) is 0.526. The third-order valence-corrected chi connectivity index (χ3v) is 6.98. The average molecular weight is 363 g/mol. The van der Waals surface area contributed by atoms with E-state index < -0.39 is 16.0 Å². The van der Waals surface area contributed by atoms with E-state index in [0.717, 1.165) is 32.1 Å². The standard InChI is InChI=1S/C19H25NO4S/c21-18(22)9-5-2-6-11-19-12-10-15(13-19)17(14-19)20-25(23,24)16-7-3-1-4-8-16/h1,3-4,6-8,11,15,17,20H,2,5,9-10,12-14H2,(H,21,22)/b11-6-/t15-,17-,19-/m0/s1. The molecule has 0 aromatic heterocycles. The van der Waals surface area contributed by atoms with Gasteiger partial charge in [0.05, 0.1) is 4.90 Å². The van der Waals surface area contributed by atoms with Gasteiger partial charge >= 0.3 is 5.97 Å². The van der Waals surface area contributed by atoms with Gasteiger partial charge in [-0.25, -0.2) is 13.1 Å². The number of unbranched alkanes of at least 4 members (excludes halogenated alkanes) is 1. The summed E-state index contributed by atoms with van der Waals surface area (Å²) in [6.07, 6.45) is 9.89. The van der Waals surface area contributed by atoms with E-state index in [0.29, 0.717) is 17.2 Å². The number of nitrogens with one attached hydrogen (secondary N) is 1. The highest BCUT2D eigenvalue weighted by Crippen LogP contribution is 2.55. The first-order valence-corrected chi connectivity index (χ1v) is 10.4. The van der Waals surface area contributed by atoms with E-state index in [1.807, 2.05) is 0 Å². The van der Waals surface area contributed by atoms with E-state index in [1.54, 1.807) is 30.3 Å². The number of hydrogen-bond acceptors (Lipinski definition) is 3. The molecule has 1 aromatic carbocycles. The highest BCUT2D eigenvalue weighted by Gasteiger charge is 2.49. The predicted octanol–water partition coefficient (Wildman–Crippen LogP) is 3.33. The van der Waals surface area contributed by atoms with E-state index in [2.05, 4.69) is 16.9 Å². The van der Waals surface area contributed by atoms with Gasteiger partial charge in [-0.2, -0.15) is 0 Å². The van der Waals surface area contributed by atoms with Crippen LogP contribution in [0.4, 0.5) is 0 Å². The molecule has 25 heavy (non-hydrogen) atoms. The Kier molecular flexibility index (Phi) is 5.29. The van der Waals surface area contributed by atoms with Crippen molar-refractivity contribution in [2.75, 3.05) is 0 Å². The number of carboxylic acids is 1. The van der Waals surface area contributed by atoms with Crippen LogP contribution in [0.3, 0.4) is 0 Å². The Labute approximate surface area is 149 Å². The summed E-state index contributed by atoms with van der Waals surface area (Å²) < 4.78 is 28.0. The molecule has 0 heterocycles. The minimum Gasteiger partial charge on any atom is -0.481 e. The molecule has 0 amide bonds. The maximum absolute atomic E-state index is 12.5. The first kappa shape index (κ1) is 18.1. The van der Waals surface area contributed by atoms with Gasteiger partial charge in [-0.15, -0.1) is 0 Å². The summed E-state index contributed by atoms with van der Waals surface area (Å²) >= 11 is 0. The molecule has 0 unspecified atom stereocenters. The molecule has 2 saturated carbocycles. The van der Waals surface area contributed by atoms with Gasteiger partial charge in [-0.05, 0) is 62.0 Å². The van der Waals surface area contributed by atoms with Crippen molar-refractivity contribution in [3.63, 3.8) is 0 Å². The molecule has 0 saturated heterocycles. The third kappa shape index (κ3) is 4.30. The molecule has 0 radical (unpaired) electrons. The Morgan fingerprint density at radius 2 is 2.04 bits per heavy atom. The SMILES string of the molecule is O=C(O)CCC/C=C\[C@]12CC[C@@H](C1)[C@@H](NS(=O)(=O)c1ccccc1)C2. The van der Waals surface area contributed by atoms with Crippen molar-refractivity contribution in [3.8, 4) is 0 Å². The monoisotopic (exact) mass is 363 g/mol. The molecule has 6 heteroatoms. The molecule has 2 fully saturated rings. The van der Waals surface area contributed by atoms with Gasteiger partial charge in [0, 0.05) is 12.5 Å². The largest absolute Gasteiger partial charge is 0.481 e. The molecule has 2 aliphatic carbocycles. The summed E-state index contributed by atoms with van der Waals surface area (Å²) in [6, 6.07) is 8.50. The fourth-order valence-electron chi connectivity index (χ4n) is 4.26. The lowest BCUT2D eigenvalue weighted by atomic mass is 9.82. The minimum atomic E-state index is -3.47. The molecule has 2 N–H and O–H groups in total. The zero-order valence-corrected chi connectivity index (χ0v) is 15.0. The lowest BCUT2D eigenvalue weighted by molar-refractivity contribution is -0.137. The number of fused-ring (bicyclic) bond motifs is 2. The van der Waals surface area contributed by atoms with E-state index in [4.69, 9.17) is 5.11 Å². The van der Waals surface area contributed by atoms with Crippen molar-refractivity contribution in [1.82, 2.24) is 4.72 Å². The van der Waals surface area contributed by atoms with Crippen LogP contribution in [0, 0.1) is 11.3 Å². The summed E-state index contributed by atoms with van der Waals surface area (Å²) in [6.45, 7) is 0. The Bertz CT molecular complexity index is 744. The van der Waals surface area contributed by atoms with Gasteiger partial charge < -0.3 is 5.11 Å². The molecule has 136 valence electrons. The lowest BCUT2D eigenvalue weighted by Crippen LogP contribution is -2.39. The Morgan fingerprint density at radius 3 is 2.76 bits per heavy atom. The number of allylic oxidation sites excluding steroid dienone is 2. The van der Waals surface area contributed by atoms with Crippen LogP contribution in [-0.4, -0.2) is 25.5 Å². The second-order valence-corrected chi connectivity index (χ2v) is 9.01. The van der Waals surface area contributed by atoms with Crippen LogP contribution in [0.25, 0.3) is 0 Å². The van der Waals surface area contributed by atoms with E-state index in [-0.39, 0.29) is 17.9 Å². The van der Waals surface area contributed by atoms with Gasteiger partial charge in [0.25, 0.3) is 0 Å². The zero-order chi connectivity index (χ0) is 17.9. The van der Waals surface area contributed by atoms with Crippen LogP contribution in [-0.2, 0) is 14.8 Å². The summed E-state index contributed by atoms with van der Waals surface area (Å²) in [7, 11) is -3.47. The van der Waals surface area contributed by atoms with Crippen LogP contribution in [0.5, 0.6) is 0 Å². The first-order chi connectivity index (χ1) is 11.9. The summed E-state index contributed by atoms with van der Waals surface area (Å²) in [5.74, 6) is -0.370. The second-order valence-electron chi connectivity index (χ2n) is 7.30. The van der Waals surface area contributed by atoms with Gasteiger partial charge in [0.15, 0.2) is 0 Å². The zero-order valence-electron chi connectivity index (χ0n) is 14.2. The van der Waals surface area contributed by atoms with Crippen LogP contribution in [0.15, 0.2) is 47.4 Å². The average Bonchev–Trinajstić information content (AvgIpc) is 3.13. The van der Waals surface area contributed by atoms with E-state index in [9.17, 15) is 13.2 Å². The number of sulfonamides is 1. The van der Waals surface area contributed by atoms with Crippen molar-refractivity contribution >= 4 is 16.0 Å². The summed E-state index contributed by atoms with van der Waals surface area (Å²) in [4.78, 5) is 10.9. The molecule has 2 aliphatic rings. The van der Waals surface area contributed by atoms with Gasteiger partial charge in [-0.3, -0.25) is 4.79 Å². The summed E-state index contributed by atoms with van der Waals surface area (Å²) in [5, 5.41) is 8.68. The number of rotatable bonds is 8. The molecule has 1 aromatic rings. The Balaban J connectivity index is 1.60. The smallest absolute Gasteiger partial charge is 0.303 e. The Morgan fingerprint density at radius 1 is 1.28 bits per heavy atom. The topological polar surface area (TPSA) is 83.5 Å². The van der Waals surface area contributed by atoms with Crippen LogP contribution >= 0.6 is 0 Å². The molecule has 3 atom stereocenters. The lowest BCUT2D eigenvalue weighted by Gasteiger charge is -2.28. The van der Waals surface area contributed by atoms with Gasteiger partial charge in [-0.1, -0.05) is 30.4 Å². The van der Waals surface area contributed by atoms with E-state index >= 15 is 0 Å². The molecular weight excluding hydrogens is 338 g/mol. The highest BCUT2D eigenvalue weighted by atomic mass is 32.2. The van der Waals surface area contributed by atoms with Crippen molar-refractivity contribution in [2.45, 2.75) is 55.9 Å². The van der Waals surface area contributed by atoms with Crippen LogP contribution in [0.2, 0.25) is 0 Å². The molecular formula is C19H25NO4S.